The number of aromatic nitrogens is 1. The molecule has 1 heterocycles. The van der Waals surface area contributed by atoms with Gasteiger partial charge < -0.3 is 0 Å². The third-order valence-corrected chi connectivity index (χ3v) is 5.34. The number of carbonyl (C=O) groups is 1. The summed E-state index contributed by atoms with van der Waals surface area (Å²) < 4.78 is 1.89. The minimum absolute atomic E-state index is 0.0616. The van der Waals surface area contributed by atoms with Gasteiger partial charge in [-0.2, -0.15) is 0 Å². The number of thioether (sulfide) groups is 1. The number of hydrogen-bond acceptors (Lipinski definition) is 4. The highest BCUT2D eigenvalue weighted by molar-refractivity contribution is 8.15. The Morgan fingerprint density at radius 1 is 1.47 bits per heavy atom. The molecule has 1 aromatic carbocycles. The lowest BCUT2D eigenvalue weighted by atomic mass is 9.99. The van der Waals surface area contributed by atoms with E-state index in [1.807, 2.05) is 38.1 Å². The van der Waals surface area contributed by atoms with Crippen LogP contribution in [0.1, 0.15) is 13.8 Å². The number of rotatable bonds is 3. The van der Waals surface area contributed by atoms with Crippen LogP contribution in [0.4, 0.5) is 0 Å². The normalized spacial score (nSPS) is 11.9. The number of carbonyl (C=O) groups excluding carboxylic acids is 1. The minimum Gasteiger partial charge on any atom is -0.286 e. The number of benzene rings is 1. The first-order valence-corrected chi connectivity index (χ1v) is 7.33. The molecule has 2 rings (SSSR count). The molecule has 0 N–H and O–H groups in total. The van der Waals surface area contributed by atoms with E-state index < -0.39 is 5.41 Å². The zero-order valence-corrected chi connectivity index (χ0v) is 12.0. The Morgan fingerprint density at radius 3 is 2.82 bits per heavy atom. The van der Waals surface area contributed by atoms with Crippen LogP contribution in [-0.2, 0) is 4.79 Å². The molecule has 2 aromatic rings. The number of para-hydroxylation sites is 1. The molecule has 0 bridgehead atoms. The molecule has 90 valence electrons. The topological polar surface area (TPSA) is 30.0 Å². The van der Waals surface area contributed by atoms with Crippen LogP contribution in [0.2, 0.25) is 0 Å². The minimum atomic E-state index is -0.510. The number of fused-ring (bicyclic) bond motifs is 1. The van der Waals surface area contributed by atoms with Gasteiger partial charge in [-0.3, -0.25) is 4.79 Å². The Labute approximate surface area is 113 Å². The fourth-order valence-electron chi connectivity index (χ4n) is 1.17. The van der Waals surface area contributed by atoms with Crippen molar-refractivity contribution >= 4 is 50.0 Å². The molecule has 0 radical (unpaired) electrons. The maximum Gasteiger partial charge on any atom is 0.202 e. The predicted molar refractivity (Wildman–Crippen MR) is 75.0 cm³/mol. The van der Waals surface area contributed by atoms with Crippen molar-refractivity contribution in [2.24, 2.45) is 5.41 Å². The summed E-state index contributed by atoms with van der Waals surface area (Å²) in [6, 6.07) is 7.88. The second kappa shape index (κ2) is 4.96. The first kappa shape index (κ1) is 12.9. The highest BCUT2D eigenvalue weighted by Gasteiger charge is 2.28. The van der Waals surface area contributed by atoms with Gasteiger partial charge in [0.05, 0.1) is 10.2 Å². The Morgan fingerprint density at radius 2 is 2.18 bits per heavy atom. The van der Waals surface area contributed by atoms with E-state index in [0.717, 1.165) is 14.6 Å². The summed E-state index contributed by atoms with van der Waals surface area (Å²) in [6.45, 7) is 3.70. The van der Waals surface area contributed by atoms with Crippen molar-refractivity contribution < 1.29 is 4.79 Å². The molecule has 0 spiro atoms. The lowest BCUT2D eigenvalue weighted by molar-refractivity contribution is -0.117. The van der Waals surface area contributed by atoms with Gasteiger partial charge in [-0.15, -0.1) is 22.9 Å². The molecular formula is C12H12ClNOS2. The van der Waals surface area contributed by atoms with Crippen molar-refractivity contribution in [3.05, 3.63) is 24.3 Å². The van der Waals surface area contributed by atoms with E-state index in [0.29, 0.717) is 5.88 Å². The smallest absolute Gasteiger partial charge is 0.202 e. The quantitative estimate of drug-likeness (QED) is 0.626. The Hall–Kier alpha value is -0.580. The van der Waals surface area contributed by atoms with Gasteiger partial charge in [-0.1, -0.05) is 26.0 Å². The van der Waals surface area contributed by atoms with E-state index in [2.05, 4.69) is 4.98 Å². The predicted octanol–water partition coefficient (Wildman–Crippen LogP) is 4.18. The van der Waals surface area contributed by atoms with E-state index in [9.17, 15) is 4.79 Å². The molecule has 0 amide bonds. The summed E-state index contributed by atoms with van der Waals surface area (Å²) in [6.07, 6.45) is 0. The van der Waals surface area contributed by atoms with Crippen LogP contribution in [0.3, 0.4) is 0 Å². The van der Waals surface area contributed by atoms with E-state index in [1.165, 1.54) is 11.8 Å². The van der Waals surface area contributed by atoms with Crippen molar-refractivity contribution in [1.82, 2.24) is 4.98 Å². The van der Waals surface area contributed by atoms with Gasteiger partial charge in [-0.25, -0.2) is 4.98 Å². The maximum atomic E-state index is 12.0. The van der Waals surface area contributed by atoms with Crippen LogP contribution in [0.5, 0.6) is 0 Å². The van der Waals surface area contributed by atoms with Gasteiger partial charge in [0.15, 0.2) is 4.34 Å². The summed E-state index contributed by atoms with van der Waals surface area (Å²) >= 11 is 8.51. The second-order valence-electron chi connectivity index (χ2n) is 4.35. The summed E-state index contributed by atoms with van der Waals surface area (Å²) in [5.41, 5.74) is 0.431. The van der Waals surface area contributed by atoms with Gasteiger partial charge in [0.1, 0.15) is 0 Å². The zero-order chi connectivity index (χ0) is 12.5. The lowest BCUT2D eigenvalue weighted by Crippen LogP contribution is -2.22. The van der Waals surface area contributed by atoms with Gasteiger partial charge in [-0.05, 0) is 23.9 Å². The first-order valence-electron chi connectivity index (χ1n) is 5.17. The third-order valence-electron chi connectivity index (χ3n) is 2.34. The van der Waals surface area contributed by atoms with Crippen LogP contribution in [0.15, 0.2) is 28.6 Å². The molecule has 0 saturated heterocycles. The molecule has 5 heteroatoms. The summed E-state index contributed by atoms with van der Waals surface area (Å²) in [4.78, 5) is 16.4. The average Bonchev–Trinajstić information content (AvgIpc) is 2.70. The highest BCUT2D eigenvalue weighted by atomic mass is 35.5. The van der Waals surface area contributed by atoms with Crippen molar-refractivity contribution in [2.45, 2.75) is 18.2 Å². The number of nitrogens with zero attached hydrogens (tertiary/aromatic N) is 1. The molecule has 0 aliphatic heterocycles. The summed E-state index contributed by atoms with van der Waals surface area (Å²) in [5, 5.41) is 0.0616. The van der Waals surface area contributed by atoms with Crippen molar-refractivity contribution in [1.29, 1.82) is 0 Å². The first-order chi connectivity index (χ1) is 8.03. The van der Waals surface area contributed by atoms with E-state index in [1.54, 1.807) is 11.3 Å². The summed E-state index contributed by atoms with van der Waals surface area (Å²) in [5.74, 6) is 0.323. The van der Waals surface area contributed by atoms with Crippen LogP contribution in [0.25, 0.3) is 10.2 Å². The number of thiazole rings is 1. The van der Waals surface area contributed by atoms with Crippen LogP contribution in [0, 0.1) is 5.41 Å². The van der Waals surface area contributed by atoms with Crippen LogP contribution in [-0.4, -0.2) is 16.0 Å². The van der Waals surface area contributed by atoms with Gasteiger partial charge in [0.25, 0.3) is 0 Å². The monoisotopic (exact) mass is 285 g/mol. The fraction of sp³-hybridized carbons (Fsp3) is 0.333. The number of halogens is 1. The fourth-order valence-corrected chi connectivity index (χ4v) is 3.38. The van der Waals surface area contributed by atoms with Crippen molar-refractivity contribution in [3.8, 4) is 0 Å². The number of alkyl halides is 1. The molecule has 17 heavy (non-hydrogen) atoms. The number of hydrogen-bond donors (Lipinski definition) is 0. The molecule has 2 nitrogen and oxygen atoms in total. The molecular weight excluding hydrogens is 274 g/mol. The maximum absolute atomic E-state index is 12.0. The van der Waals surface area contributed by atoms with Gasteiger partial charge in [0, 0.05) is 11.3 Å². The Kier molecular flexibility index (Phi) is 3.76. The van der Waals surface area contributed by atoms with Crippen molar-refractivity contribution in [2.75, 3.05) is 5.88 Å². The van der Waals surface area contributed by atoms with Gasteiger partial charge >= 0.3 is 0 Å². The molecule has 0 saturated carbocycles. The largest absolute Gasteiger partial charge is 0.286 e. The molecule has 0 atom stereocenters. The Balaban J connectivity index is 2.22. The van der Waals surface area contributed by atoms with Crippen LogP contribution < -0.4 is 0 Å². The zero-order valence-electron chi connectivity index (χ0n) is 9.57. The Bertz CT molecular complexity index is 517. The van der Waals surface area contributed by atoms with Crippen molar-refractivity contribution in [3.63, 3.8) is 0 Å². The van der Waals surface area contributed by atoms with Crippen LogP contribution >= 0.6 is 34.7 Å². The summed E-state index contributed by atoms with van der Waals surface area (Å²) in [7, 11) is 0. The van der Waals surface area contributed by atoms with E-state index >= 15 is 0 Å². The van der Waals surface area contributed by atoms with E-state index in [4.69, 9.17) is 11.6 Å². The lowest BCUT2D eigenvalue weighted by Gasteiger charge is -2.17. The molecule has 0 fully saturated rings. The third kappa shape index (κ3) is 2.81. The molecule has 0 unspecified atom stereocenters. The molecule has 0 aliphatic carbocycles. The standard InChI is InChI=1S/C12H12ClNOS2/c1-12(2,7-13)10(15)17-11-14-8-5-3-4-6-9(8)16-11/h3-6H,7H2,1-2H3. The van der Waals surface area contributed by atoms with Gasteiger partial charge in [0.2, 0.25) is 5.12 Å². The molecule has 1 aromatic heterocycles. The average molecular weight is 286 g/mol. The molecule has 0 aliphatic rings. The second-order valence-corrected chi connectivity index (χ2v) is 6.87. The highest BCUT2D eigenvalue weighted by Crippen LogP contribution is 2.34. The van der Waals surface area contributed by atoms with E-state index in [-0.39, 0.29) is 5.12 Å². The SMILES string of the molecule is CC(C)(CCl)C(=O)Sc1nc2ccccc2s1.